The molecule has 0 radical (unpaired) electrons. The largest absolute Gasteiger partial charge is 0.477 e. The Morgan fingerprint density at radius 3 is 2.71 bits per heavy atom. The Kier molecular flexibility index (Phi) is 4.51. The van der Waals surface area contributed by atoms with Crippen molar-refractivity contribution < 1.29 is 14.3 Å². The fraction of sp³-hybridized carbons (Fsp3) is 0.0625. The normalized spacial score (nSPS) is 10.8. The molecule has 0 saturated heterocycles. The summed E-state index contributed by atoms with van der Waals surface area (Å²) in [4.78, 5) is 19.3. The van der Waals surface area contributed by atoms with Crippen LogP contribution in [0, 0.1) is 5.82 Å². The van der Waals surface area contributed by atoms with Crippen LogP contribution >= 0.6 is 23.2 Å². The quantitative estimate of drug-likeness (QED) is 0.754. The summed E-state index contributed by atoms with van der Waals surface area (Å²) < 4.78 is 14.9. The highest BCUT2D eigenvalue weighted by Crippen LogP contribution is 2.26. The molecular weight excluding hydrogens is 356 g/mol. The average molecular weight is 366 g/mol. The minimum atomic E-state index is -1.16. The van der Waals surface area contributed by atoms with Crippen LogP contribution < -0.4 is 0 Å². The lowest BCUT2D eigenvalue weighted by Gasteiger charge is -2.12. The van der Waals surface area contributed by atoms with Gasteiger partial charge >= 0.3 is 5.97 Å². The SMILES string of the molecule is O=C(O)c1cnc(-c2cncc(F)c2)n1Cc1cc(Cl)ccc1Cl. The second-order valence-corrected chi connectivity index (χ2v) is 5.83. The van der Waals surface area contributed by atoms with Crippen LogP contribution in [0.2, 0.25) is 10.0 Å². The lowest BCUT2D eigenvalue weighted by Crippen LogP contribution is -2.11. The number of carboxylic acid groups (broad SMARTS) is 1. The van der Waals surface area contributed by atoms with Crippen molar-refractivity contribution in [2.45, 2.75) is 6.54 Å². The molecular formula is C16H10Cl2FN3O2. The van der Waals surface area contributed by atoms with Gasteiger partial charge in [-0.2, -0.15) is 0 Å². The van der Waals surface area contributed by atoms with E-state index in [9.17, 15) is 14.3 Å². The number of imidazole rings is 1. The molecule has 2 aromatic heterocycles. The molecule has 122 valence electrons. The van der Waals surface area contributed by atoms with Crippen molar-refractivity contribution in [1.82, 2.24) is 14.5 Å². The van der Waals surface area contributed by atoms with Crippen LogP contribution in [0.5, 0.6) is 0 Å². The Morgan fingerprint density at radius 1 is 1.21 bits per heavy atom. The van der Waals surface area contributed by atoms with Crippen molar-refractivity contribution in [3.8, 4) is 11.4 Å². The zero-order valence-corrected chi connectivity index (χ0v) is 13.6. The van der Waals surface area contributed by atoms with E-state index in [0.29, 0.717) is 21.2 Å². The fourth-order valence-electron chi connectivity index (χ4n) is 2.31. The van der Waals surface area contributed by atoms with Gasteiger partial charge in [-0.25, -0.2) is 14.2 Å². The number of pyridine rings is 1. The Labute approximate surface area is 146 Å². The van der Waals surface area contributed by atoms with Crippen molar-refractivity contribution in [1.29, 1.82) is 0 Å². The second kappa shape index (κ2) is 6.59. The van der Waals surface area contributed by atoms with Gasteiger partial charge in [-0.3, -0.25) is 4.98 Å². The van der Waals surface area contributed by atoms with Crippen LogP contribution in [0.15, 0.2) is 42.9 Å². The number of halogens is 3. The number of hydrogen-bond donors (Lipinski definition) is 1. The molecule has 0 saturated carbocycles. The monoisotopic (exact) mass is 365 g/mol. The van der Waals surface area contributed by atoms with E-state index in [4.69, 9.17) is 23.2 Å². The lowest BCUT2D eigenvalue weighted by atomic mass is 10.2. The molecule has 0 aliphatic carbocycles. The standard InChI is InChI=1S/C16H10Cl2FN3O2/c17-11-1-2-13(18)10(3-11)8-22-14(16(23)24)7-21-15(22)9-4-12(19)6-20-5-9/h1-7H,8H2,(H,23,24). The van der Waals surface area contributed by atoms with Gasteiger partial charge in [0.15, 0.2) is 0 Å². The van der Waals surface area contributed by atoms with Crippen molar-refractivity contribution >= 4 is 29.2 Å². The number of aromatic nitrogens is 3. The van der Waals surface area contributed by atoms with E-state index in [-0.39, 0.29) is 18.1 Å². The number of hydrogen-bond acceptors (Lipinski definition) is 3. The third-order valence-corrected chi connectivity index (χ3v) is 3.98. The van der Waals surface area contributed by atoms with Crippen LogP contribution in [-0.2, 0) is 6.54 Å². The van der Waals surface area contributed by atoms with Gasteiger partial charge in [0.05, 0.1) is 18.9 Å². The highest BCUT2D eigenvalue weighted by molar-refractivity contribution is 6.33. The molecule has 0 aliphatic rings. The molecule has 0 aliphatic heterocycles. The Hall–Kier alpha value is -2.44. The number of carbonyl (C=O) groups is 1. The minimum Gasteiger partial charge on any atom is -0.477 e. The summed E-state index contributed by atoms with van der Waals surface area (Å²) in [6.07, 6.45) is 3.68. The van der Waals surface area contributed by atoms with Gasteiger partial charge in [0, 0.05) is 21.8 Å². The third kappa shape index (κ3) is 3.25. The van der Waals surface area contributed by atoms with E-state index in [0.717, 1.165) is 6.20 Å². The Morgan fingerprint density at radius 2 is 2.00 bits per heavy atom. The lowest BCUT2D eigenvalue weighted by molar-refractivity contribution is 0.0686. The number of nitrogens with zero attached hydrogens (tertiary/aromatic N) is 3. The highest BCUT2D eigenvalue weighted by atomic mass is 35.5. The van der Waals surface area contributed by atoms with Gasteiger partial charge in [-0.1, -0.05) is 23.2 Å². The van der Waals surface area contributed by atoms with Gasteiger partial charge in [-0.15, -0.1) is 0 Å². The second-order valence-electron chi connectivity index (χ2n) is 4.99. The predicted molar refractivity (Wildman–Crippen MR) is 87.9 cm³/mol. The molecule has 1 N–H and O–H groups in total. The molecule has 3 aromatic rings. The molecule has 5 nitrogen and oxygen atoms in total. The predicted octanol–water partition coefficient (Wildman–Crippen LogP) is 4.14. The van der Waals surface area contributed by atoms with Crippen molar-refractivity contribution in [3.05, 3.63) is 70.0 Å². The summed E-state index contributed by atoms with van der Waals surface area (Å²) in [5.41, 5.74) is 0.932. The molecule has 2 heterocycles. The van der Waals surface area contributed by atoms with Gasteiger partial charge in [0.2, 0.25) is 0 Å². The zero-order chi connectivity index (χ0) is 17.3. The highest BCUT2D eigenvalue weighted by Gasteiger charge is 2.18. The summed E-state index contributed by atoms with van der Waals surface area (Å²) in [5, 5.41) is 10.3. The van der Waals surface area contributed by atoms with E-state index >= 15 is 0 Å². The van der Waals surface area contributed by atoms with Gasteiger partial charge in [0.1, 0.15) is 17.3 Å². The summed E-state index contributed by atoms with van der Waals surface area (Å²) in [6, 6.07) is 6.14. The molecule has 0 amide bonds. The van der Waals surface area contributed by atoms with Crippen molar-refractivity contribution in [2.75, 3.05) is 0 Å². The maximum atomic E-state index is 13.4. The number of benzene rings is 1. The van der Waals surface area contributed by atoms with E-state index in [2.05, 4.69) is 9.97 Å². The molecule has 0 spiro atoms. The first kappa shape index (κ1) is 16.4. The van der Waals surface area contributed by atoms with Crippen molar-refractivity contribution in [2.24, 2.45) is 0 Å². The minimum absolute atomic E-state index is 0.0506. The number of rotatable bonds is 4. The summed E-state index contributed by atoms with van der Waals surface area (Å²) in [6.45, 7) is 0.118. The van der Waals surface area contributed by atoms with Gasteiger partial charge in [0.25, 0.3) is 0 Å². The first-order valence-corrected chi connectivity index (χ1v) is 7.55. The molecule has 0 atom stereocenters. The van der Waals surface area contributed by atoms with Crippen LogP contribution in [0.3, 0.4) is 0 Å². The molecule has 0 fully saturated rings. The van der Waals surface area contributed by atoms with Gasteiger partial charge in [-0.05, 0) is 29.8 Å². The summed E-state index contributed by atoms with van der Waals surface area (Å²) in [7, 11) is 0. The topological polar surface area (TPSA) is 68.0 Å². The molecule has 8 heteroatoms. The first-order chi connectivity index (χ1) is 11.5. The molecule has 0 bridgehead atoms. The molecule has 24 heavy (non-hydrogen) atoms. The molecule has 3 rings (SSSR count). The smallest absolute Gasteiger partial charge is 0.354 e. The summed E-state index contributed by atoms with van der Waals surface area (Å²) >= 11 is 12.1. The van der Waals surface area contributed by atoms with E-state index in [1.807, 2.05) is 0 Å². The van der Waals surface area contributed by atoms with Gasteiger partial charge < -0.3 is 9.67 Å². The van der Waals surface area contributed by atoms with Crippen LogP contribution in [-0.4, -0.2) is 25.6 Å². The van der Waals surface area contributed by atoms with Crippen LogP contribution in [0.25, 0.3) is 11.4 Å². The zero-order valence-electron chi connectivity index (χ0n) is 12.1. The number of aromatic carboxylic acids is 1. The third-order valence-electron chi connectivity index (χ3n) is 3.37. The Bertz CT molecular complexity index is 927. The van der Waals surface area contributed by atoms with Crippen LogP contribution in [0.1, 0.15) is 16.1 Å². The Balaban J connectivity index is 2.13. The van der Waals surface area contributed by atoms with Crippen molar-refractivity contribution in [3.63, 3.8) is 0 Å². The van der Waals surface area contributed by atoms with Crippen LogP contribution in [0.4, 0.5) is 4.39 Å². The summed E-state index contributed by atoms with van der Waals surface area (Å²) in [5.74, 6) is -1.42. The van der Waals surface area contributed by atoms with E-state index in [1.54, 1.807) is 18.2 Å². The molecule has 1 aromatic carbocycles. The first-order valence-electron chi connectivity index (χ1n) is 6.79. The molecule has 0 unspecified atom stereocenters. The maximum absolute atomic E-state index is 13.4. The van der Waals surface area contributed by atoms with E-state index in [1.165, 1.54) is 23.0 Å². The average Bonchev–Trinajstić information content (AvgIpc) is 2.95. The number of carboxylic acids is 1. The maximum Gasteiger partial charge on any atom is 0.354 e. The fourth-order valence-corrected chi connectivity index (χ4v) is 2.68. The van der Waals surface area contributed by atoms with E-state index < -0.39 is 11.8 Å².